The van der Waals surface area contributed by atoms with Crippen LogP contribution in [0, 0.1) is 18.6 Å². The molecular weight excluding hydrogens is 382 g/mol. The van der Waals surface area contributed by atoms with E-state index in [1.807, 2.05) is 59.3 Å². The normalized spacial score (nSPS) is 15.0. The van der Waals surface area contributed by atoms with Gasteiger partial charge in [-0.2, -0.15) is 0 Å². The molecule has 148 valence electrons. The summed E-state index contributed by atoms with van der Waals surface area (Å²) in [6, 6.07) is 13.8. The second-order valence-corrected chi connectivity index (χ2v) is 8.20. The Labute approximate surface area is 173 Å². The minimum Gasteiger partial charge on any atom is -0.284 e. The van der Waals surface area contributed by atoms with E-state index in [0.717, 1.165) is 35.4 Å². The molecule has 1 fully saturated rings. The number of benzene rings is 2. The average Bonchev–Trinajstić information content (AvgIpc) is 3.33. The van der Waals surface area contributed by atoms with Gasteiger partial charge in [-0.05, 0) is 81.3 Å². The van der Waals surface area contributed by atoms with Gasteiger partial charge in [-0.15, -0.1) is 5.10 Å². The van der Waals surface area contributed by atoms with Gasteiger partial charge in [0.05, 0.1) is 23.3 Å². The zero-order chi connectivity index (χ0) is 20.1. The Bertz CT molecular complexity index is 1360. The van der Waals surface area contributed by atoms with Gasteiger partial charge in [0.2, 0.25) is 10.5 Å². The molecule has 0 amide bonds. The standard InChI is InChI=1S/C22H23N5OS/c1-15-9-10-16(2)19(13-15)26-20(28)17-7-3-4-8-18(17)27-21(26)23-25(22(27)29)14-24-11-5-6-12-24/h3-4,7-10,13H,5-6,11-12,14H2,1-2H3. The lowest BCUT2D eigenvalue weighted by Crippen LogP contribution is -2.24. The molecule has 1 saturated heterocycles. The fourth-order valence-corrected chi connectivity index (χ4v) is 4.47. The van der Waals surface area contributed by atoms with Crippen molar-refractivity contribution in [2.45, 2.75) is 33.4 Å². The van der Waals surface area contributed by atoms with Crippen molar-refractivity contribution in [3.63, 3.8) is 0 Å². The van der Waals surface area contributed by atoms with Gasteiger partial charge in [-0.1, -0.05) is 24.3 Å². The predicted molar refractivity (Wildman–Crippen MR) is 117 cm³/mol. The number of para-hydroxylation sites is 1. The van der Waals surface area contributed by atoms with Gasteiger partial charge in [0, 0.05) is 0 Å². The molecule has 3 heterocycles. The van der Waals surface area contributed by atoms with Crippen LogP contribution in [-0.4, -0.2) is 36.7 Å². The van der Waals surface area contributed by atoms with Gasteiger partial charge in [0.15, 0.2) is 0 Å². The second-order valence-electron chi connectivity index (χ2n) is 7.83. The number of aromatic nitrogens is 4. The first-order valence-corrected chi connectivity index (χ1v) is 10.4. The highest BCUT2D eigenvalue weighted by molar-refractivity contribution is 7.71. The molecule has 0 aliphatic carbocycles. The third kappa shape index (κ3) is 2.92. The highest BCUT2D eigenvalue weighted by Crippen LogP contribution is 2.21. The van der Waals surface area contributed by atoms with Crippen LogP contribution in [0.25, 0.3) is 22.4 Å². The summed E-state index contributed by atoms with van der Waals surface area (Å²) < 4.78 is 6.11. The molecule has 6 nitrogen and oxygen atoms in total. The van der Waals surface area contributed by atoms with Crippen molar-refractivity contribution < 1.29 is 0 Å². The van der Waals surface area contributed by atoms with Crippen LogP contribution < -0.4 is 5.56 Å². The lowest BCUT2D eigenvalue weighted by atomic mass is 10.1. The van der Waals surface area contributed by atoms with E-state index in [0.29, 0.717) is 22.6 Å². The van der Waals surface area contributed by atoms with Crippen LogP contribution >= 0.6 is 12.2 Å². The first kappa shape index (κ1) is 18.3. The first-order valence-electron chi connectivity index (χ1n) is 9.98. The van der Waals surface area contributed by atoms with E-state index in [9.17, 15) is 4.79 Å². The summed E-state index contributed by atoms with van der Waals surface area (Å²) >= 11 is 5.82. The minimum absolute atomic E-state index is 0.0740. The average molecular weight is 406 g/mol. The maximum absolute atomic E-state index is 13.5. The van der Waals surface area contributed by atoms with Crippen molar-refractivity contribution in [2.24, 2.45) is 0 Å². The Morgan fingerprint density at radius 3 is 2.62 bits per heavy atom. The van der Waals surface area contributed by atoms with Gasteiger partial charge >= 0.3 is 0 Å². The summed E-state index contributed by atoms with van der Waals surface area (Å²) in [5, 5.41) is 5.47. The summed E-state index contributed by atoms with van der Waals surface area (Å²) in [5.41, 5.74) is 3.69. The van der Waals surface area contributed by atoms with Crippen molar-refractivity contribution in [3.8, 4) is 5.69 Å². The van der Waals surface area contributed by atoms with Crippen LogP contribution in [0.1, 0.15) is 24.0 Å². The summed E-state index contributed by atoms with van der Waals surface area (Å²) in [4.78, 5) is 15.9. The van der Waals surface area contributed by atoms with Crippen LogP contribution in [0.3, 0.4) is 0 Å². The van der Waals surface area contributed by atoms with E-state index >= 15 is 0 Å². The third-order valence-electron chi connectivity index (χ3n) is 5.74. The number of likely N-dealkylation sites (tertiary alicyclic amines) is 1. The number of nitrogens with zero attached hydrogens (tertiary/aromatic N) is 5. The van der Waals surface area contributed by atoms with Crippen molar-refractivity contribution in [2.75, 3.05) is 13.1 Å². The third-order valence-corrected chi connectivity index (χ3v) is 6.13. The van der Waals surface area contributed by atoms with Crippen molar-refractivity contribution in [1.82, 2.24) is 23.6 Å². The highest BCUT2D eigenvalue weighted by Gasteiger charge is 2.20. The zero-order valence-corrected chi connectivity index (χ0v) is 17.4. The Morgan fingerprint density at radius 2 is 1.83 bits per heavy atom. The molecule has 0 bridgehead atoms. The van der Waals surface area contributed by atoms with E-state index in [4.69, 9.17) is 17.3 Å². The molecule has 2 aromatic carbocycles. The maximum atomic E-state index is 13.5. The number of rotatable bonds is 3. The topological polar surface area (TPSA) is 47.5 Å². The summed E-state index contributed by atoms with van der Waals surface area (Å²) in [6.07, 6.45) is 2.41. The minimum atomic E-state index is -0.0740. The molecule has 0 atom stereocenters. The molecule has 0 spiro atoms. The number of hydrogen-bond acceptors (Lipinski definition) is 4. The summed E-state index contributed by atoms with van der Waals surface area (Å²) in [7, 11) is 0. The fraction of sp³-hybridized carbons (Fsp3) is 0.318. The van der Waals surface area contributed by atoms with E-state index in [-0.39, 0.29) is 5.56 Å². The molecule has 7 heteroatoms. The summed E-state index contributed by atoms with van der Waals surface area (Å²) in [6.45, 7) is 6.81. The lowest BCUT2D eigenvalue weighted by Gasteiger charge is -2.13. The van der Waals surface area contributed by atoms with Gasteiger partial charge in [-0.3, -0.25) is 14.1 Å². The Balaban J connectivity index is 1.88. The Hall–Kier alpha value is -2.77. The SMILES string of the molecule is Cc1ccc(C)c(-n2c(=O)c3ccccc3n3c(=S)n(CN4CCCC4)nc23)c1. The van der Waals surface area contributed by atoms with Crippen molar-refractivity contribution in [1.29, 1.82) is 0 Å². The molecule has 0 unspecified atom stereocenters. The predicted octanol–water partition coefficient (Wildman–Crippen LogP) is 3.84. The van der Waals surface area contributed by atoms with Crippen molar-refractivity contribution >= 4 is 28.9 Å². The van der Waals surface area contributed by atoms with Crippen LogP contribution in [0.5, 0.6) is 0 Å². The van der Waals surface area contributed by atoms with Gasteiger partial charge in [-0.25, -0.2) is 9.25 Å². The monoisotopic (exact) mass is 405 g/mol. The van der Waals surface area contributed by atoms with Crippen LogP contribution in [0.4, 0.5) is 0 Å². The number of hydrogen-bond donors (Lipinski definition) is 0. The van der Waals surface area contributed by atoms with E-state index < -0.39 is 0 Å². The molecule has 1 aliphatic heterocycles. The maximum Gasteiger partial charge on any atom is 0.267 e. The quantitative estimate of drug-likeness (QED) is 0.486. The molecule has 0 N–H and O–H groups in total. The zero-order valence-electron chi connectivity index (χ0n) is 16.6. The van der Waals surface area contributed by atoms with Gasteiger partial charge in [0.25, 0.3) is 5.56 Å². The van der Waals surface area contributed by atoms with E-state index in [2.05, 4.69) is 11.0 Å². The van der Waals surface area contributed by atoms with Crippen LogP contribution in [-0.2, 0) is 6.67 Å². The smallest absolute Gasteiger partial charge is 0.267 e. The summed E-state index contributed by atoms with van der Waals surface area (Å²) in [5.74, 6) is 0.562. The number of aryl methyl sites for hydroxylation is 2. The van der Waals surface area contributed by atoms with Crippen molar-refractivity contribution in [3.05, 3.63) is 68.7 Å². The largest absolute Gasteiger partial charge is 0.284 e. The molecule has 5 rings (SSSR count). The number of fused-ring (bicyclic) bond motifs is 3. The molecule has 2 aromatic heterocycles. The Kier molecular flexibility index (Phi) is 4.37. The highest BCUT2D eigenvalue weighted by atomic mass is 32.1. The Morgan fingerprint density at radius 1 is 1.07 bits per heavy atom. The molecular formula is C22H23N5OS. The first-order chi connectivity index (χ1) is 14.0. The van der Waals surface area contributed by atoms with Gasteiger partial charge < -0.3 is 0 Å². The van der Waals surface area contributed by atoms with E-state index in [1.165, 1.54) is 12.8 Å². The molecule has 4 aromatic rings. The molecule has 1 aliphatic rings. The molecule has 0 saturated carbocycles. The lowest BCUT2D eigenvalue weighted by molar-refractivity contribution is 0.254. The van der Waals surface area contributed by atoms with Crippen LogP contribution in [0.2, 0.25) is 0 Å². The van der Waals surface area contributed by atoms with Gasteiger partial charge in [0.1, 0.15) is 0 Å². The van der Waals surface area contributed by atoms with Crippen LogP contribution in [0.15, 0.2) is 47.3 Å². The van der Waals surface area contributed by atoms with E-state index in [1.54, 1.807) is 4.57 Å². The second kappa shape index (κ2) is 6.93. The molecule has 0 radical (unpaired) electrons. The fourth-order valence-electron chi connectivity index (χ4n) is 4.20. The molecule has 29 heavy (non-hydrogen) atoms.